The number of amides is 1. The topological polar surface area (TPSA) is 114 Å². The Bertz CT molecular complexity index is 1580. The van der Waals surface area contributed by atoms with Gasteiger partial charge >= 0.3 is 11.7 Å². The number of aryl methyl sites for hydroxylation is 1. The zero-order valence-corrected chi connectivity index (χ0v) is 21.2. The van der Waals surface area contributed by atoms with Gasteiger partial charge in [0.05, 0.1) is 11.7 Å². The fraction of sp³-hybridized carbons (Fsp3) is 0.200. The Kier molecular flexibility index (Phi) is 7.31. The van der Waals surface area contributed by atoms with Gasteiger partial charge in [-0.05, 0) is 35.6 Å². The molecular formula is C30H28N4O4. The van der Waals surface area contributed by atoms with E-state index in [0.29, 0.717) is 18.7 Å². The van der Waals surface area contributed by atoms with Crippen molar-refractivity contribution in [3.63, 3.8) is 0 Å². The average Bonchev–Trinajstić information content (AvgIpc) is 3.56. The van der Waals surface area contributed by atoms with E-state index < -0.39 is 5.76 Å². The van der Waals surface area contributed by atoms with E-state index in [4.69, 9.17) is 4.42 Å². The number of H-pyrrole nitrogens is 1. The highest BCUT2D eigenvalue weighted by Gasteiger charge is 2.21. The third-order valence-corrected chi connectivity index (χ3v) is 6.36. The van der Waals surface area contributed by atoms with E-state index in [1.54, 1.807) is 0 Å². The molecule has 38 heavy (non-hydrogen) atoms. The maximum absolute atomic E-state index is 12.9. The maximum atomic E-state index is 12.9. The first-order valence-corrected chi connectivity index (χ1v) is 12.6. The molecule has 1 atom stereocenters. The molecule has 192 valence electrons. The standard InChI is InChI=1S/C30H28N4O4/c1-3-9-26-25(32-29(37-26)28(35)31-19(2)21-10-5-4-6-11-21)18-20-14-16-22(17-15-20)23-12-7-8-13-24(23)27-33-30(36)38-34-27/h4-8,10-17,19H,3,9,18H2,1-2H3,(H,31,35)(H,33,34,36). The summed E-state index contributed by atoms with van der Waals surface area (Å²) >= 11 is 0. The lowest BCUT2D eigenvalue weighted by Crippen LogP contribution is -2.26. The number of oxazole rings is 1. The molecule has 0 radical (unpaired) electrons. The van der Waals surface area contributed by atoms with Gasteiger partial charge in [-0.15, -0.1) is 0 Å². The zero-order valence-electron chi connectivity index (χ0n) is 21.2. The molecule has 8 nitrogen and oxygen atoms in total. The molecule has 2 N–H and O–H groups in total. The van der Waals surface area contributed by atoms with E-state index in [1.165, 1.54) is 0 Å². The summed E-state index contributed by atoms with van der Waals surface area (Å²) in [5, 5.41) is 6.81. The van der Waals surface area contributed by atoms with Crippen LogP contribution in [0.25, 0.3) is 22.5 Å². The third-order valence-electron chi connectivity index (χ3n) is 6.36. The molecule has 2 aromatic heterocycles. The van der Waals surface area contributed by atoms with Gasteiger partial charge in [0.1, 0.15) is 5.76 Å². The van der Waals surface area contributed by atoms with Crippen LogP contribution >= 0.6 is 0 Å². The minimum atomic E-state index is -0.594. The van der Waals surface area contributed by atoms with Crippen LogP contribution in [-0.4, -0.2) is 21.0 Å². The van der Waals surface area contributed by atoms with Gasteiger partial charge < -0.3 is 9.73 Å². The van der Waals surface area contributed by atoms with Crippen LogP contribution in [0.4, 0.5) is 0 Å². The number of aromatic nitrogens is 3. The predicted molar refractivity (Wildman–Crippen MR) is 144 cm³/mol. The van der Waals surface area contributed by atoms with Crippen molar-refractivity contribution in [2.24, 2.45) is 0 Å². The molecule has 0 spiro atoms. The van der Waals surface area contributed by atoms with E-state index in [2.05, 4.69) is 31.9 Å². The largest absolute Gasteiger partial charge is 0.439 e. The highest BCUT2D eigenvalue weighted by Crippen LogP contribution is 2.30. The smallest absolute Gasteiger partial charge is 0.437 e. The number of carbonyl (C=O) groups excluding carboxylic acids is 1. The Morgan fingerprint density at radius 2 is 1.68 bits per heavy atom. The molecule has 0 fully saturated rings. The van der Waals surface area contributed by atoms with E-state index in [-0.39, 0.29) is 17.8 Å². The highest BCUT2D eigenvalue weighted by atomic mass is 16.5. The summed E-state index contributed by atoms with van der Waals surface area (Å²) in [5.74, 6) is 0.271. The van der Waals surface area contributed by atoms with E-state index in [0.717, 1.165) is 45.7 Å². The van der Waals surface area contributed by atoms with E-state index >= 15 is 0 Å². The molecule has 0 aliphatic heterocycles. The fourth-order valence-electron chi connectivity index (χ4n) is 4.41. The Morgan fingerprint density at radius 3 is 2.37 bits per heavy atom. The van der Waals surface area contributed by atoms with Gasteiger partial charge in [0.15, 0.2) is 5.82 Å². The molecular weight excluding hydrogens is 480 g/mol. The summed E-state index contributed by atoms with van der Waals surface area (Å²) < 4.78 is 10.6. The van der Waals surface area contributed by atoms with Gasteiger partial charge in [0.25, 0.3) is 5.89 Å². The second-order valence-electron chi connectivity index (χ2n) is 9.11. The first kappa shape index (κ1) is 25.0. The molecule has 1 amide bonds. The van der Waals surface area contributed by atoms with Crippen LogP contribution in [0, 0.1) is 0 Å². The van der Waals surface area contributed by atoms with E-state index in [1.807, 2.05) is 85.8 Å². The monoisotopic (exact) mass is 508 g/mol. The van der Waals surface area contributed by atoms with Crippen molar-refractivity contribution < 1.29 is 13.7 Å². The van der Waals surface area contributed by atoms with Crippen LogP contribution in [0.5, 0.6) is 0 Å². The van der Waals surface area contributed by atoms with Crippen LogP contribution in [0.2, 0.25) is 0 Å². The maximum Gasteiger partial charge on any atom is 0.439 e. The van der Waals surface area contributed by atoms with Gasteiger partial charge in [-0.2, -0.15) is 0 Å². The van der Waals surface area contributed by atoms with Gasteiger partial charge in [0, 0.05) is 18.4 Å². The summed E-state index contributed by atoms with van der Waals surface area (Å²) in [4.78, 5) is 31.5. The van der Waals surface area contributed by atoms with Crippen molar-refractivity contribution in [2.75, 3.05) is 0 Å². The average molecular weight is 509 g/mol. The molecule has 0 aliphatic carbocycles. The van der Waals surface area contributed by atoms with Crippen LogP contribution in [0.1, 0.15) is 59.6 Å². The minimum absolute atomic E-state index is 0.0818. The lowest BCUT2D eigenvalue weighted by Gasteiger charge is -2.12. The number of hydrogen-bond acceptors (Lipinski definition) is 6. The number of nitrogens with one attached hydrogen (secondary N) is 2. The van der Waals surface area contributed by atoms with Crippen LogP contribution < -0.4 is 11.1 Å². The van der Waals surface area contributed by atoms with Crippen molar-refractivity contribution in [1.29, 1.82) is 0 Å². The molecule has 0 bridgehead atoms. The number of benzene rings is 3. The summed E-state index contributed by atoms with van der Waals surface area (Å²) in [6.45, 7) is 4.00. The Hall–Kier alpha value is -4.72. The zero-order chi connectivity index (χ0) is 26.5. The molecule has 0 aliphatic rings. The molecule has 0 saturated carbocycles. The van der Waals surface area contributed by atoms with Crippen molar-refractivity contribution in [3.05, 3.63) is 118 Å². The Labute approximate surface area is 219 Å². The van der Waals surface area contributed by atoms with Crippen molar-refractivity contribution in [1.82, 2.24) is 20.4 Å². The van der Waals surface area contributed by atoms with Gasteiger partial charge in [-0.1, -0.05) is 90.9 Å². The van der Waals surface area contributed by atoms with Crippen LogP contribution in [-0.2, 0) is 12.8 Å². The van der Waals surface area contributed by atoms with E-state index in [9.17, 15) is 9.59 Å². The molecule has 2 heterocycles. The first-order valence-electron chi connectivity index (χ1n) is 12.6. The molecule has 0 saturated heterocycles. The SMILES string of the molecule is CCCc1oc(C(=O)NC(C)c2ccccc2)nc1Cc1ccc(-c2ccccc2-c2noc(=O)[nH]2)cc1. The summed E-state index contributed by atoms with van der Waals surface area (Å²) in [6, 6.07) is 25.4. The lowest BCUT2D eigenvalue weighted by atomic mass is 9.97. The fourth-order valence-corrected chi connectivity index (χ4v) is 4.41. The predicted octanol–water partition coefficient (Wildman–Crippen LogP) is 5.72. The molecule has 8 heteroatoms. The highest BCUT2D eigenvalue weighted by molar-refractivity contribution is 5.90. The molecule has 3 aromatic carbocycles. The number of aromatic amines is 1. The number of nitrogens with zero attached hydrogens (tertiary/aromatic N) is 2. The van der Waals surface area contributed by atoms with Crippen molar-refractivity contribution >= 4 is 5.91 Å². The first-order chi connectivity index (χ1) is 18.5. The lowest BCUT2D eigenvalue weighted by molar-refractivity contribution is 0.0903. The quantitative estimate of drug-likeness (QED) is 0.263. The Balaban J connectivity index is 1.35. The number of carbonyl (C=O) groups is 1. The number of rotatable bonds is 9. The Morgan fingerprint density at radius 1 is 0.974 bits per heavy atom. The minimum Gasteiger partial charge on any atom is -0.437 e. The molecule has 1 unspecified atom stereocenters. The second-order valence-corrected chi connectivity index (χ2v) is 9.11. The van der Waals surface area contributed by atoms with Crippen molar-refractivity contribution in [3.8, 4) is 22.5 Å². The van der Waals surface area contributed by atoms with Gasteiger partial charge in [-0.25, -0.2) is 9.78 Å². The summed E-state index contributed by atoms with van der Waals surface area (Å²) in [6.07, 6.45) is 2.12. The van der Waals surface area contributed by atoms with Crippen LogP contribution in [0.3, 0.4) is 0 Å². The molecule has 5 aromatic rings. The van der Waals surface area contributed by atoms with Gasteiger partial charge in [-0.3, -0.25) is 14.3 Å². The van der Waals surface area contributed by atoms with Crippen LogP contribution in [0.15, 0.2) is 92.6 Å². The molecule has 5 rings (SSSR count). The van der Waals surface area contributed by atoms with Gasteiger partial charge in [0.2, 0.25) is 0 Å². The number of hydrogen-bond donors (Lipinski definition) is 2. The summed E-state index contributed by atoms with van der Waals surface area (Å²) in [7, 11) is 0. The third kappa shape index (κ3) is 5.49. The second kappa shape index (κ2) is 11.1. The summed E-state index contributed by atoms with van der Waals surface area (Å²) in [5.41, 5.74) is 5.47. The normalized spacial score (nSPS) is 11.8. The van der Waals surface area contributed by atoms with Crippen molar-refractivity contribution in [2.45, 2.75) is 39.2 Å².